The number of nitrogens with zero attached hydrogens (tertiary/aromatic N) is 1. The lowest BCUT2D eigenvalue weighted by molar-refractivity contribution is 0.102. The molecule has 1 N–H and O–H groups in total. The van der Waals surface area contributed by atoms with E-state index in [4.69, 9.17) is 9.15 Å². The van der Waals surface area contributed by atoms with E-state index in [1.165, 1.54) is 12.8 Å². The number of ether oxygens (including phenoxy) is 1. The predicted molar refractivity (Wildman–Crippen MR) is 104 cm³/mol. The first-order valence-corrected chi connectivity index (χ1v) is 9.09. The lowest BCUT2D eigenvalue weighted by Gasteiger charge is -2.12. The number of furan rings is 1. The molecule has 5 nitrogen and oxygen atoms in total. The quantitative estimate of drug-likeness (QED) is 0.544. The zero-order valence-electron chi connectivity index (χ0n) is 14.6. The molecule has 0 bridgehead atoms. The van der Waals surface area contributed by atoms with Gasteiger partial charge in [-0.05, 0) is 49.1 Å². The summed E-state index contributed by atoms with van der Waals surface area (Å²) in [6, 6.07) is 16.8. The first-order valence-electron chi connectivity index (χ1n) is 9.09. The topological polar surface area (TPSA) is 64.4 Å². The number of hydrogen-bond acceptors (Lipinski definition) is 4. The van der Waals surface area contributed by atoms with Gasteiger partial charge in [0.25, 0.3) is 5.91 Å². The SMILES string of the molecule is O=C(Nc1ccccn1)c1c(OCC2CC2)ccc2oc3ccccc3c12. The van der Waals surface area contributed by atoms with E-state index < -0.39 is 0 Å². The van der Waals surface area contributed by atoms with E-state index in [0.29, 0.717) is 35.2 Å². The Morgan fingerprint density at radius 1 is 1.07 bits per heavy atom. The van der Waals surface area contributed by atoms with Gasteiger partial charge in [-0.1, -0.05) is 24.3 Å². The fourth-order valence-electron chi connectivity index (χ4n) is 3.25. The molecule has 1 aliphatic carbocycles. The number of benzene rings is 2. The molecule has 0 radical (unpaired) electrons. The van der Waals surface area contributed by atoms with Crippen LogP contribution < -0.4 is 10.1 Å². The molecule has 1 fully saturated rings. The highest BCUT2D eigenvalue weighted by Gasteiger charge is 2.25. The molecule has 0 atom stereocenters. The molecule has 5 heteroatoms. The Morgan fingerprint density at radius 2 is 1.93 bits per heavy atom. The summed E-state index contributed by atoms with van der Waals surface area (Å²) < 4.78 is 12.0. The normalized spacial score (nSPS) is 13.8. The van der Waals surface area contributed by atoms with Crippen molar-refractivity contribution < 1.29 is 13.9 Å². The number of nitrogens with one attached hydrogen (secondary N) is 1. The van der Waals surface area contributed by atoms with Gasteiger partial charge in [-0.15, -0.1) is 0 Å². The molecule has 4 aromatic rings. The minimum absolute atomic E-state index is 0.253. The van der Waals surface area contributed by atoms with Gasteiger partial charge in [0, 0.05) is 17.0 Å². The molecule has 1 aliphatic rings. The molecule has 1 amide bonds. The summed E-state index contributed by atoms with van der Waals surface area (Å²) in [7, 11) is 0. The van der Waals surface area contributed by atoms with Crippen LogP contribution in [-0.2, 0) is 0 Å². The first kappa shape index (κ1) is 15.9. The molecule has 1 saturated carbocycles. The van der Waals surface area contributed by atoms with Crippen molar-refractivity contribution in [1.29, 1.82) is 0 Å². The summed E-state index contributed by atoms with van der Waals surface area (Å²) in [6.45, 7) is 0.630. The van der Waals surface area contributed by atoms with E-state index in [-0.39, 0.29) is 5.91 Å². The van der Waals surface area contributed by atoms with Gasteiger partial charge >= 0.3 is 0 Å². The van der Waals surface area contributed by atoms with Crippen molar-refractivity contribution in [2.24, 2.45) is 5.92 Å². The van der Waals surface area contributed by atoms with Crippen LogP contribution in [0.5, 0.6) is 5.75 Å². The van der Waals surface area contributed by atoms with Crippen LogP contribution in [0.2, 0.25) is 0 Å². The zero-order valence-corrected chi connectivity index (χ0v) is 14.6. The standard InChI is InChI=1S/C22H18N2O3/c25-22(24-19-7-3-4-12-23-19)21-17(26-13-14-8-9-14)10-11-18-20(21)15-5-1-2-6-16(15)27-18/h1-7,10-12,14H,8-9,13H2,(H,23,24,25). The van der Waals surface area contributed by atoms with E-state index in [9.17, 15) is 4.79 Å². The van der Waals surface area contributed by atoms with Gasteiger partial charge in [-0.2, -0.15) is 0 Å². The Labute approximate surface area is 156 Å². The van der Waals surface area contributed by atoms with Crippen molar-refractivity contribution in [3.63, 3.8) is 0 Å². The lowest BCUT2D eigenvalue weighted by atomic mass is 10.0. The van der Waals surface area contributed by atoms with Gasteiger partial charge in [0.15, 0.2) is 0 Å². The van der Waals surface area contributed by atoms with E-state index in [0.717, 1.165) is 16.4 Å². The molecule has 5 rings (SSSR count). The number of pyridine rings is 1. The van der Waals surface area contributed by atoms with Crippen LogP contribution in [0, 0.1) is 5.92 Å². The summed E-state index contributed by atoms with van der Waals surface area (Å²) >= 11 is 0. The van der Waals surface area contributed by atoms with Crippen LogP contribution >= 0.6 is 0 Å². The molecule has 2 heterocycles. The Hall–Kier alpha value is -3.34. The van der Waals surface area contributed by atoms with Gasteiger partial charge in [-0.3, -0.25) is 4.79 Å². The highest BCUT2D eigenvalue weighted by Crippen LogP contribution is 2.37. The number of amides is 1. The lowest BCUT2D eigenvalue weighted by Crippen LogP contribution is -2.15. The highest BCUT2D eigenvalue weighted by atomic mass is 16.5. The van der Waals surface area contributed by atoms with Crippen molar-refractivity contribution in [3.8, 4) is 5.75 Å². The Morgan fingerprint density at radius 3 is 2.74 bits per heavy atom. The average Bonchev–Trinajstić information content (AvgIpc) is 3.45. The van der Waals surface area contributed by atoms with E-state index in [2.05, 4.69) is 10.3 Å². The van der Waals surface area contributed by atoms with Crippen LogP contribution in [0.15, 0.2) is 65.2 Å². The Balaban J connectivity index is 1.65. The first-order chi connectivity index (χ1) is 13.3. The van der Waals surface area contributed by atoms with E-state index in [1.807, 2.05) is 48.5 Å². The van der Waals surface area contributed by atoms with E-state index >= 15 is 0 Å². The molecular formula is C22H18N2O3. The maximum Gasteiger partial charge on any atom is 0.261 e. The highest BCUT2D eigenvalue weighted by molar-refractivity contribution is 6.21. The van der Waals surface area contributed by atoms with Crippen molar-refractivity contribution in [1.82, 2.24) is 4.98 Å². The zero-order chi connectivity index (χ0) is 18.2. The summed E-state index contributed by atoms with van der Waals surface area (Å²) in [5.41, 5.74) is 1.91. The molecule has 27 heavy (non-hydrogen) atoms. The number of fused-ring (bicyclic) bond motifs is 3. The minimum Gasteiger partial charge on any atom is -0.492 e. The number of anilines is 1. The average molecular weight is 358 g/mol. The number of carbonyl (C=O) groups is 1. The number of carbonyl (C=O) groups excluding carboxylic acids is 1. The molecule has 2 aromatic heterocycles. The van der Waals surface area contributed by atoms with Gasteiger partial charge in [-0.25, -0.2) is 4.98 Å². The molecular weight excluding hydrogens is 340 g/mol. The maximum atomic E-state index is 13.2. The maximum absolute atomic E-state index is 13.2. The number of para-hydroxylation sites is 1. The van der Waals surface area contributed by atoms with E-state index in [1.54, 1.807) is 12.3 Å². The summed E-state index contributed by atoms with van der Waals surface area (Å²) in [6.07, 6.45) is 4.02. The van der Waals surface area contributed by atoms with Gasteiger partial charge in [0.1, 0.15) is 22.7 Å². The third-order valence-electron chi connectivity index (χ3n) is 4.81. The fraction of sp³-hybridized carbons (Fsp3) is 0.182. The molecule has 0 saturated heterocycles. The summed E-state index contributed by atoms with van der Waals surface area (Å²) in [5, 5.41) is 4.55. The number of hydrogen-bond donors (Lipinski definition) is 1. The molecule has 0 aliphatic heterocycles. The van der Waals surface area contributed by atoms with Crippen LogP contribution in [0.1, 0.15) is 23.2 Å². The van der Waals surface area contributed by atoms with Crippen molar-refractivity contribution in [2.45, 2.75) is 12.8 Å². The molecule has 0 spiro atoms. The predicted octanol–water partition coefficient (Wildman–Crippen LogP) is 5.02. The fourth-order valence-corrected chi connectivity index (χ4v) is 3.25. The van der Waals surface area contributed by atoms with Crippen molar-refractivity contribution >= 4 is 33.7 Å². The second kappa shape index (κ2) is 6.43. The van der Waals surface area contributed by atoms with Crippen LogP contribution in [-0.4, -0.2) is 17.5 Å². The van der Waals surface area contributed by atoms with Crippen LogP contribution in [0.25, 0.3) is 21.9 Å². The molecule has 134 valence electrons. The number of rotatable bonds is 5. The van der Waals surface area contributed by atoms with Gasteiger partial charge < -0.3 is 14.5 Å². The molecule has 0 unspecified atom stereocenters. The molecule has 2 aromatic carbocycles. The van der Waals surface area contributed by atoms with Crippen LogP contribution in [0.3, 0.4) is 0 Å². The Kier molecular flexibility index (Phi) is 3.78. The third-order valence-corrected chi connectivity index (χ3v) is 4.81. The monoisotopic (exact) mass is 358 g/mol. The largest absolute Gasteiger partial charge is 0.492 e. The smallest absolute Gasteiger partial charge is 0.261 e. The third kappa shape index (κ3) is 3.01. The van der Waals surface area contributed by atoms with Crippen molar-refractivity contribution in [3.05, 3.63) is 66.4 Å². The second-order valence-corrected chi connectivity index (χ2v) is 6.83. The van der Waals surface area contributed by atoms with Crippen LogP contribution in [0.4, 0.5) is 5.82 Å². The van der Waals surface area contributed by atoms with Gasteiger partial charge in [0.05, 0.1) is 12.2 Å². The minimum atomic E-state index is -0.253. The summed E-state index contributed by atoms with van der Waals surface area (Å²) in [4.78, 5) is 17.4. The van der Waals surface area contributed by atoms with Crippen molar-refractivity contribution in [2.75, 3.05) is 11.9 Å². The van der Waals surface area contributed by atoms with Gasteiger partial charge in [0.2, 0.25) is 0 Å². The Bertz CT molecular complexity index is 1130. The summed E-state index contributed by atoms with van der Waals surface area (Å²) in [5.74, 6) is 1.42. The second-order valence-electron chi connectivity index (χ2n) is 6.83. The number of aromatic nitrogens is 1.